The molecular formula is C10H6Cl3NO. The minimum Gasteiger partial charge on any atom is -0.443 e. The molecule has 0 spiro atoms. The highest BCUT2D eigenvalue weighted by molar-refractivity contribution is 6.36. The van der Waals surface area contributed by atoms with E-state index in [0.717, 1.165) is 5.56 Å². The van der Waals surface area contributed by atoms with Gasteiger partial charge in [0.1, 0.15) is 5.69 Å². The highest BCUT2D eigenvalue weighted by Crippen LogP contribution is 2.32. The number of oxazole rings is 1. The molecule has 0 atom stereocenters. The molecule has 5 heteroatoms. The van der Waals surface area contributed by atoms with Crippen LogP contribution in [0, 0.1) is 0 Å². The van der Waals surface area contributed by atoms with Crippen LogP contribution in [0.1, 0.15) is 5.69 Å². The summed E-state index contributed by atoms with van der Waals surface area (Å²) >= 11 is 17.5. The zero-order valence-corrected chi connectivity index (χ0v) is 9.77. The lowest BCUT2D eigenvalue weighted by atomic mass is 10.1. The summed E-state index contributed by atoms with van der Waals surface area (Å²) < 4.78 is 5.24. The van der Waals surface area contributed by atoms with E-state index in [4.69, 9.17) is 39.2 Å². The molecule has 1 aromatic heterocycles. The normalized spacial score (nSPS) is 10.6. The van der Waals surface area contributed by atoms with Crippen LogP contribution in [-0.4, -0.2) is 4.98 Å². The lowest BCUT2D eigenvalue weighted by Gasteiger charge is -2.02. The second kappa shape index (κ2) is 4.44. The van der Waals surface area contributed by atoms with Gasteiger partial charge >= 0.3 is 0 Å². The van der Waals surface area contributed by atoms with Crippen LogP contribution in [0.3, 0.4) is 0 Å². The smallest absolute Gasteiger partial charge is 0.181 e. The van der Waals surface area contributed by atoms with Crippen LogP contribution in [0.5, 0.6) is 0 Å². The molecule has 0 saturated carbocycles. The van der Waals surface area contributed by atoms with Crippen LogP contribution in [0.2, 0.25) is 10.0 Å². The Morgan fingerprint density at radius 3 is 2.73 bits per heavy atom. The number of halogens is 3. The van der Waals surface area contributed by atoms with Gasteiger partial charge in [-0.05, 0) is 18.2 Å². The van der Waals surface area contributed by atoms with Gasteiger partial charge in [-0.15, -0.1) is 11.6 Å². The average Bonchev–Trinajstić information content (AvgIpc) is 2.65. The number of alkyl halides is 1. The van der Waals surface area contributed by atoms with E-state index in [9.17, 15) is 0 Å². The molecule has 0 aliphatic rings. The fourth-order valence-corrected chi connectivity index (χ4v) is 1.94. The van der Waals surface area contributed by atoms with E-state index < -0.39 is 0 Å². The maximum Gasteiger partial charge on any atom is 0.181 e. The van der Waals surface area contributed by atoms with Crippen LogP contribution in [0.4, 0.5) is 0 Å². The first-order valence-corrected chi connectivity index (χ1v) is 5.45. The van der Waals surface area contributed by atoms with E-state index in [2.05, 4.69) is 4.98 Å². The number of nitrogens with zero attached hydrogens (tertiary/aromatic N) is 1. The molecule has 0 aliphatic carbocycles. The van der Waals surface area contributed by atoms with E-state index in [1.165, 1.54) is 6.39 Å². The topological polar surface area (TPSA) is 26.0 Å². The van der Waals surface area contributed by atoms with Gasteiger partial charge in [-0.1, -0.05) is 23.2 Å². The molecule has 0 bridgehead atoms. The van der Waals surface area contributed by atoms with Gasteiger partial charge in [0, 0.05) is 10.6 Å². The van der Waals surface area contributed by atoms with Crippen LogP contribution in [0.25, 0.3) is 11.3 Å². The summed E-state index contributed by atoms with van der Waals surface area (Å²) in [6.45, 7) is 0. The maximum absolute atomic E-state index is 6.03. The fourth-order valence-electron chi connectivity index (χ4n) is 1.26. The van der Waals surface area contributed by atoms with Crippen LogP contribution in [0.15, 0.2) is 29.0 Å². The third-order valence-electron chi connectivity index (χ3n) is 1.94. The summed E-state index contributed by atoms with van der Waals surface area (Å²) in [6, 6.07) is 5.17. The largest absolute Gasteiger partial charge is 0.443 e. The molecule has 2 rings (SSSR count). The predicted octanol–water partition coefficient (Wildman–Crippen LogP) is 4.39. The van der Waals surface area contributed by atoms with E-state index in [0.29, 0.717) is 21.5 Å². The first-order chi connectivity index (χ1) is 7.22. The Morgan fingerprint density at radius 1 is 1.27 bits per heavy atom. The monoisotopic (exact) mass is 261 g/mol. The summed E-state index contributed by atoms with van der Waals surface area (Å²) in [5.74, 6) is 0.872. The lowest BCUT2D eigenvalue weighted by Crippen LogP contribution is -1.84. The Kier molecular flexibility index (Phi) is 3.19. The van der Waals surface area contributed by atoms with Crippen molar-refractivity contribution in [2.45, 2.75) is 5.88 Å². The first-order valence-electron chi connectivity index (χ1n) is 4.16. The van der Waals surface area contributed by atoms with Gasteiger partial charge in [0.25, 0.3) is 0 Å². The minimum absolute atomic E-state index is 0.283. The van der Waals surface area contributed by atoms with Gasteiger partial charge in [0.15, 0.2) is 12.2 Å². The summed E-state index contributed by atoms with van der Waals surface area (Å²) in [7, 11) is 0. The van der Waals surface area contributed by atoms with Crippen LogP contribution in [-0.2, 0) is 5.88 Å². The second-order valence-electron chi connectivity index (χ2n) is 2.89. The molecule has 0 fully saturated rings. The summed E-state index contributed by atoms with van der Waals surface area (Å²) in [5, 5.41) is 1.10. The lowest BCUT2D eigenvalue weighted by molar-refractivity contribution is 0.571. The average molecular weight is 263 g/mol. The van der Waals surface area contributed by atoms with Crippen LogP contribution < -0.4 is 0 Å². The molecule has 2 aromatic rings. The van der Waals surface area contributed by atoms with Gasteiger partial charge in [-0.2, -0.15) is 0 Å². The minimum atomic E-state index is 0.283. The van der Waals surface area contributed by atoms with Crippen molar-refractivity contribution >= 4 is 34.8 Å². The Bertz CT molecular complexity index is 481. The van der Waals surface area contributed by atoms with Crippen LogP contribution >= 0.6 is 34.8 Å². The Hall–Kier alpha value is -0.700. The summed E-state index contributed by atoms with van der Waals surface area (Å²) in [5.41, 5.74) is 1.41. The van der Waals surface area contributed by atoms with Gasteiger partial charge in [-0.25, -0.2) is 4.98 Å². The van der Waals surface area contributed by atoms with E-state index in [1.54, 1.807) is 18.2 Å². The molecule has 0 amide bonds. The fraction of sp³-hybridized carbons (Fsp3) is 0.100. The number of aromatic nitrogens is 1. The zero-order valence-electron chi connectivity index (χ0n) is 7.51. The van der Waals surface area contributed by atoms with Gasteiger partial charge < -0.3 is 4.42 Å². The molecule has 78 valence electrons. The number of hydrogen-bond acceptors (Lipinski definition) is 2. The third kappa shape index (κ3) is 2.12. The molecule has 0 N–H and O–H groups in total. The predicted molar refractivity (Wildman–Crippen MR) is 61.5 cm³/mol. The van der Waals surface area contributed by atoms with Gasteiger partial charge in [0.2, 0.25) is 0 Å². The highest BCUT2D eigenvalue weighted by atomic mass is 35.5. The van der Waals surface area contributed by atoms with Gasteiger partial charge in [-0.3, -0.25) is 0 Å². The standard InChI is InChI=1S/C10H6Cl3NO/c11-4-9-10(15-5-14-9)7-2-1-6(12)3-8(7)13/h1-3,5H,4H2. The molecule has 2 nitrogen and oxygen atoms in total. The number of benzene rings is 1. The molecule has 0 unspecified atom stereocenters. The molecule has 0 radical (unpaired) electrons. The highest BCUT2D eigenvalue weighted by Gasteiger charge is 2.13. The van der Waals surface area contributed by atoms with Crippen molar-refractivity contribution in [3.8, 4) is 11.3 Å². The third-order valence-corrected chi connectivity index (χ3v) is 2.74. The van der Waals surface area contributed by atoms with Crippen molar-refractivity contribution in [1.82, 2.24) is 4.98 Å². The first kappa shape index (κ1) is 10.8. The molecule has 1 aromatic carbocycles. The Labute approximate surface area is 102 Å². The van der Waals surface area contributed by atoms with Crippen molar-refractivity contribution < 1.29 is 4.42 Å². The summed E-state index contributed by atoms with van der Waals surface area (Å²) in [4.78, 5) is 3.98. The molecular weight excluding hydrogens is 256 g/mol. The SMILES string of the molecule is ClCc1ncoc1-c1ccc(Cl)cc1Cl. The van der Waals surface area contributed by atoms with Crippen molar-refractivity contribution in [1.29, 1.82) is 0 Å². The van der Waals surface area contributed by atoms with Crippen molar-refractivity contribution in [2.24, 2.45) is 0 Å². The quantitative estimate of drug-likeness (QED) is 0.750. The van der Waals surface area contributed by atoms with Crippen molar-refractivity contribution in [2.75, 3.05) is 0 Å². The Morgan fingerprint density at radius 2 is 2.07 bits per heavy atom. The molecule has 0 aliphatic heterocycles. The number of rotatable bonds is 2. The second-order valence-corrected chi connectivity index (χ2v) is 4.00. The molecule has 15 heavy (non-hydrogen) atoms. The van der Waals surface area contributed by atoms with E-state index >= 15 is 0 Å². The Balaban J connectivity index is 2.54. The van der Waals surface area contributed by atoms with Crippen molar-refractivity contribution in [3.05, 3.63) is 40.3 Å². The van der Waals surface area contributed by atoms with Crippen molar-refractivity contribution in [3.63, 3.8) is 0 Å². The number of hydrogen-bond donors (Lipinski definition) is 0. The van der Waals surface area contributed by atoms with E-state index in [1.807, 2.05) is 0 Å². The molecule has 1 heterocycles. The zero-order chi connectivity index (χ0) is 10.8. The van der Waals surface area contributed by atoms with E-state index in [-0.39, 0.29) is 5.88 Å². The maximum atomic E-state index is 6.03. The summed E-state index contributed by atoms with van der Waals surface area (Å²) in [6.07, 6.45) is 1.35. The van der Waals surface area contributed by atoms with Gasteiger partial charge in [0.05, 0.1) is 10.9 Å². The molecule has 0 saturated heterocycles.